The number of benzene rings is 1. The third kappa shape index (κ3) is 5.99. The molecule has 1 saturated heterocycles. The first-order chi connectivity index (χ1) is 16.5. The van der Waals surface area contributed by atoms with E-state index in [1.807, 2.05) is 18.2 Å². The number of nitrogens with zero attached hydrogens (tertiary/aromatic N) is 5. The molecule has 1 aliphatic heterocycles. The lowest BCUT2D eigenvalue weighted by Crippen LogP contribution is -2.49. The molecular weight excluding hydrogens is 469 g/mol. The molecular formula is C25H24FN5OS2. The number of allylic oxidation sites excluding steroid dienone is 2. The van der Waals surface area contributed by atoms with Crippen molar-refractivity contribution in [2.45, 2.75) is 11.2 Å². The van der Waals surface area contributed by atoms with Crippen molar-refractivity contribution in [3.05, 3.63) is 59.7 Å². The fourth-order valence-electron chi connectivity index (χ4n) is 3.34. The van der Waals surface area contributed by atoms with E-state index in [0.717, 1.165) is 5.57 Å². The van der Waals surface area contributed by atoms with Crippen molar-refractivity contribution in [2.24, 2.45) is 4.99 Å². The van der Waals surface area contributed by atoms with Crippen molar-refractivity contribution in [3.63, 3.8) is 0 Å². The maximum atomic E-state index is 13.6. The molecule has 1 aromatic heterocycles. The summed E-state index contributed by atoms with van der Waals surface area (Å²) >= 11 is 5.50. The number of aliphatic imine (C=N–C) groups is 1. The van der Waals surface area contributed by atoms with Crippen LogP contribution in [0.15, 0.2) is 58.6 Å². The van der Waals surface area contributed by atoms with Gasteiger partial charge < -0.3 is 9.64 Å². The first kappa shape index (κ1) is 25.4. The van der Waals surface area contributed by atoms with Crippen LogP contribution >= 0.6 is 24.4 Å². The second-order valence-electron chi connectivity index (χ2n) is 7.40. The van der Waals surface area contributed by atoms with Crippen LogP contribution in [0.5, 0.6) is 5.75 Å². The van der Waals surface area contributed by atoms with Crippen molar-refractivity contribution < 1.29 is 9.13 Å². The Bertz CT molecular complexity index is 1180. The maximum Gasteiger partial charge on any atom is 0.148 e. The third-order valence-electron chi connectivity index (χ3n) is 4.97. The van der Waals surface area contributed by atoms with E-state index in [2.05, 4.69) is 41.3 Å². The van der Waals surface area contributed by atoms with Crippen LogP contribution < -0.4 is 9.64 Å². The van der Waals surface area contributed by atoms with E-state index in [9.17, 15) is 14.9 Å². The topological polar surface area (TPSA) is 85.3 Å². The predicted octanol–water partition coefficient (Wildman–Crippen LogP) is 4.86. The highest BCUT2D eigenvalue weighted by Crippen LogP contribution is 2.39. The number of rotatable bonds is 10. The van der Waals surface area contributed by atoms with Crippen molar-refractivity contribution in [1.29, 1.82) is 10.5 Å². The smallest absolute Gasteiger partial charge is 0.148 e. The SMILES string of the molecule is C=C(/C=C\C=NC)CSc1nc(N2CC(F)C2)c(C#N)c(-c2ccc(OCCS)cc2)c1C#N. The van der Waals surface area contributed by atoms with Gasteiger partial charge in [0.1, 0.15) is 40.5 Å². The van der Waals surface area contributed by atoms with E-state index in [1.165, 1.54) is 11.8 Å². The molecule has 9 heteroatoms. The van der Waals surface area contributed by atoms with E-state index >= 15 is 0 Å². The number of aromatic nitrogens is 1. The molecule has 174 valence electrons. The van der Waals surface area contributed by atoms with Crippen LogP contribution in [0.2, 0.25) is 0 Å². The Labute approximate surface area is 208 Å². The van der Waals surface area contributed by atoms with Gasteiger partial charge in [-0.05, 0) is 29.3 Å². The molecule has 3 rings (SSSR count). The Morgan fingerprint density at radius 1 is 1.32 bits per heavy atom. The monoisotopic (exact) mass is 493 g/mol. The minimum Gasteiger partial charge on any atom is -0.493 e. The van der Waals surface area contributed by atoms with Crippen molar-refractivity contribution in [1.82, 2.24) is 4.98 Å². The summed E-state index contributed by atoms with van der Waals surface area (Å²) in [5.41, 5.74) is 2.56. The highest BCUT2D eigenvalue weighted by Gasteiger charge is 2.32. The van der Waals surface area contributed by atoms with E-state index < -0.39 is 6.17 Å². The quantitative estimate of drug-likeness (QED) is 0.220. The summed E-state index contributed by atoms with van der Waals surface area (Å²) < 4.78 is 19.2. The molecule has 0 amide bonds. The minimum atomic E-state index is -0.961. The Balaban J connectivity index is 2.06. The summed E-state index contributed by atoms with van der Waals surface area (Å²) in [4.78, 5) is 10.3. The summed E-state index contributed by atoms with van der Waals surface area (Å²) in [6, 6.07) is 11.6. The van der Waals surface area contributed by atoms with Crippen LogP contribution in [0.25, 0.3) is 11.1 Å². The molecule has 1 fully saturated rings. The third-order valence-corrected chi connectivity index (χ3v) is 6.24. The standard InChI is InChI=1S/C25H24FN5OS2/c1-17(4-3-9-29-2)16-34-25-22(13-28)23(18-5-7-20(8-6-18)32-10-11-33)21(12-27)24(30-25)31-14-19(26)15-31/h3-9,19,33H,1,10-11,14-16H2,2H3/b4-3-,29-9?. The molecule has 0 spiro atoms. The summed E-state index contributed by atoms with van der Waals surface area (Å²) in [5, 5.41) is 20.6. The zero-order valence-electron chi connectivity index (χ0n) is 18.7. The molecule has 0 bridgehead atoms. The van der Waals surface area contributed by atoms with Gasteiger partial charge in [-0.1, -0.05) is 24.8 Å². The van der Waals surface area contributed by atoms with Gasteiger partial charge in [-0.3, -0.25) is 4.99 Å². The zero-order chi connectivity index (χ0) is 24.5. The van der Waals surface area contributed by atoms with Crippen molar-refractivity contribution in [3.8, 4) is 29.0 Å². The first-order valence-electron chi connectivity index (χ1n) is 10.5. The number of halogens is 1. The summed E-state index contributed by atoms with van der Waals surface area (Å²) in [6.45, 7) is 4.83. The number of hydrogen-bond donors (Lipinski definition) is 1. The molecule has 0 atom stereocenters. The van der Waals surface area contributed by atoms with Crippen LogP contribution in [0, 0.1) is 22.7 Å². The fourth-order valence-corrected chi connectivity index (χ4v) is 4.29. The Hall–Kier alpha value is -3.27. The van der Waals surface area contributed by atoms with Crippen LogP contribution in [-0.4, -0.2) is 55.6 Å². The molecule has 1 aliphatic rings. The van der Waals surface area contributed by atoms with Crippen LogP contribution in [0.4, 0.5) is 10.2 Å². The van der Waals surface area contributed by atoms with Gasteiger partial charge in [0, 0.05) is 30.3 Å². The lowest BCUT2D eigenvalue weighted by molar-refractivity contribution is 0.273. The fraction of sp³-hybridized carbons (Fsp3) is 0.280. The summed E-state index contributed by atoms with van der Waals surface area (Å²) in [5.74, 6) is 2.13. The molecule has 0 saturated carbocycles. The van der Waals surface area contributed by atoms with Crippen LogP contribution in [0.1, 0.15) is 11.1 Å². The number of thiol groups is 1. The average Bonchev–Trinajstić information content (AvgIpc) is 2.83. The summed E-state index contributed by atoms with van der Waals surface area (Å²) in [7, 11) is 1.68. The number of anilines is 1. The number of nitriles is 2. The highest BCUT2D eigenvalue weighted by molar-refractivity contribution is 7.99. The van der Waals surface area contributed by atoms with Crippen molar-refractivity contribution >= 4 is 36.4 Å². The lowest BCUT2D eigenvalue weighted by atomic mass is 9.95. The van der Waals surface area contributed by atoms with Crippen LogP contribution in [0.3, 0.4) is 0 Å². The molecule has 0 unspecified atom stereocenters. The average molecular weight is 494 g/mol. The Morgan fingerprint density at radius 3 is 2.62 bits per heavy atom. The van der Waals surface area contributed by atoms with Gasteiger partial charge in [-0.2, -0.15) is 23.2 Å². The zero-order valence-corrected chi connectivity index (χ0v) is 20.5. The van der Waals surface area contributed by atoms with Gasteiger partial charge in [-0.25, -0.2) is 9.37 Å². The molecule has 2 heterocycles. The molecule has 0 N–H and O–H groups in total. The van der Waals surface area contributed by atoms with Gasteiger partial charge in [0.05, 0.1) is 25.3 Å². The van der Waals surface area contributed by atoms with E-state index in [1.54, 1.807) is 36.4 Å². The van der Waals surface area contributed by atoms with Gasteiger partial charge in [0.2, 0.25) is 0 Å². The number of ether oxygens (including phenoxy) is 1. The van der Waals surface area contributed by atoms with Crippen LogP contribution in [-0.2, 0) is 0 Å². The van der Waals surface area contributed by atoms with Crippen molar-refractivity contribution in [2.75, 3.05) is 43.1 Å². The molecule has 1 aromatic carbocycles. The molecule has 6 nitrogen and oxygen atoms in total. The number of pyridine rings is 1. The number of alkyl halides is 1. The molecule has 2 aromatic rings. The first-order valence-corrected chi connectivity index (χ1v) is 12.1. The van der Waals surface area contributed by atoms with E-state index in [4.69, 9.17) is 4.74 Å². The molecule has 34 heavy (non-hydrogen) atoms. The van der Waals surface area contributed by atoms with Gasteiger partial charge in [-0.15, -0.1) is 11.8 Å². The molecule has 0 radical (unpaired) electrons. The minimum absolute atomic E-state index is 0.166. The Morgan fingerprint density at radius 2 is 2.03 bits per heavy atom. The van der Waals surface area contributed by atoms with E-state index in [-0.39, 0.29) is 18.7 Å². The number of thioether (sulfide) groups is 1. The highest BCUT2D eigenvalue weighted by atomic mass is 32.2. The summed E-state index contributed by atoms with van der Waals surface area (Å²) in [6.07, 6.45) is 4.32. The second kappa shape index (κ2) is 12.3. The second-order valence-corrected chi connectivity index (χ2v) is 8.81. The van der Waals surface area contributed by atoms with Gasteiger partial charge in [0.15, 0.2) is 0 Å². The maximum absolute atomic E-state index is 13.6. The van der Waals surface area contributed by atoms with Gasteiger partial charge >= 0.3 is 0 Å². The molecule has 0 aliphatic carbocycles. The van der Waals surface area contributed by atoms with Gasteiger partial charge in [0.25, 0.3) is 0 Å². The van der Waals surface area contributed by atoms with E-state index in [0.29, 0.717) is 51.4 Å². The normalized spacial score (nSPS) is 13.6. The predicted molar refractivity (Wildman–Crippen MR) is 139 cm³/mol. The largest absolute Gasteiger partial charge is 0.493 e. The number of hydrogen-bond acceptors (Lipinski definition) is 8. The Kier molecular flexibility index (Phi) is 9.15. The lowest BCUT2D eigenvalue weighted by Gasteiger charge is -2.36.